The minimum atomic E-state index is -0.115. The number of aliphatic hydroxyl groups excluding tert-OH is 1. The maximum Gasteiger partial charge on any atom is 0.237 e. The monoisotopic (exact) mass is 264 g/mol. The van der Waals surface area contributed by atoms with Crippen molar-refractivity contribution in [2.45, 2.75) is 19.5 Å². The van der Waals surface area contributed by atoms with Crippen molar-refractivity contribution >= 4 is 17.2 Å². The van der Waals surface area contributed by atoms with Crippen LogP contribution < -0.4 is 5.32 Å². The summed E-state index contributed by atoms with van der Waals surface area (Å²) in [6.07, 6.45) is 0. The number of amides is 1. The first-order chi connectivity index (χ1) is 8.70. The van der Waals surface area contributed by atoms with Gasteiger partial charge >= 0.3 is 0 Å². The lowest BCUT2D eigenvalue weighted by molar-refractivity contribution is -0.128. The average Bonchev–Trinajstić information content (AvgIpc) is 2.80. The highest BCUT2D eigenvalue weighted by atomic mass is 32.1. The third kappa shape index (κ3) is 3.10. The van der Waals surface area contributed by atoms with E-state index in [9.17, 15) is 4.79 Å². The Hall–Kier alpha value is -1.35. The Morgan fingerprint density at radius 3 is 3.22 bits per heavy atom. The van der Waals surface area contributed by atoms with Gasteiger partial charge in [0.25, 0.3) is 0 Å². The van der Waals surface area contributed by atoms with Crippen LogP contribution in [0.25, 0.3) is 0 Å². The standard InChI is InChI=1S/C13H16N2O2S/c1-10-13(17)14-6-7-15(10)9-12-5-4-11(18-12)3-2-8-16/h4-5,10,16H,6-9H2,1H3,(H,14,17). The normalized spacial score (nSPS) is 20.1. The predicted molar refractivity (Wildman–Crippen MR) is 71.2 cm³/mol. The Morgan fingerprint density at radius 1 is 1.61 bits per heavy atom. The topological polar surface area (TPSA) is 52.6 Å². The molecule has 1 aromatic heterocycles. The van der Waals surface area contributed by atoms with Crippen LogP contribution in [0.4, 0.5) is 0 Å². The summed E-state index contributed by atoms with van der Waals surface area (Å²) in [7, 11) is 0. The van der Waals surface area contributed by atoms with E-state index in [1.807, 2.05) is 19.1 Å². The van der Waals surface area contributed by atoms with Gasteiger partial charge in [0.1, 0.15) is 6.61 Å². The van der Waals surface area contributed by atoms with E-state index in [0.29, 0.717) is 6.54 Å². The molecule has 0 aromatic carbocycles. The molecule has 2 N–H and O–H groups in total. The van der Waals surface area contributed by atoms with Gasteiger partial charge < -0.3 is 10.4 Å². The highest BCUT2D eigenvalue weighted by Gasteiger charge is 2.25. The van der Waals surface area contributed by atoms with Crippen molar-refractivity contribution in [2.24, 2.45) is 0 Å². The molecule has 5 heteroatoms. The van der Waals surface area contributed by atoms with Gasteiger partial charge in [0, 0.05) is 24.5 Å². The number of carbonyl (C=O) groups excluding carboxylic acids is 1. The molecule has 0 saturated carbocycles. The lowest BCUT2D eigenvalue weighted by atomic mass is 10.2. The summed E-state index contributed by atoms with van der Waals surface area (Å²) in [6.45, 7) is 4.18. The Kier molecular flexibility index (Phi) is 4.37. The first kappa shape index (κ1) is 13.1. The van der Waals surface area contributed by atoms with Crippen molar-refractivity contribution in [1.82, 2.24) is 10.2 Å². The average molecular weight is 264 g/mol. The van der Waals surface area contributed by atoms with Gasteiger partial charge in [-0.1, -0.05) is 11.8 Å². The Morgan fingerprint density at radius 2 is 2.44 bits per heavy atom. The molecule has 0 aliphatic carbocycles. The summed E-state index contributed by atoms with van der Waals surface area (Å²) in [5.74, 6) is 5.62. The van der Waals surface area contributed by atoms with E-state index in [-0.39, 0.29) is 18.6 Å². The zero-order chi connectivity index (χ0) is 13.0. The molecule has 2 heterocycles. The van der Waals surface area contributed by atoms with Gasteiger partial charge in [-0.2, -0.15) is 0 Å². The summed E-state index contributed by atoms with van der Waals surface area (Å²) in [6, 6.07) is 3.91. The van der Waals surface area contributed by atoms with E-state index in [2.05, 4.69) is 22.1 Å². The number of nitrogens with one attached hydrogen (secondary N) is 1. The summed E-state index contributed by atoms with van der Waals surface area (Å²) in [5, 5.41) is 11.5. The molecule has 1 unspecified atom stereocenters. The fourth-order valence-electron chi connectivity index (χ4n) is 1.90. The molecular formula is C13H16N2O2S. The van der Waals surface area contributed by atoms with Crippen LogP contribution in [-0.2, 0) is 11.3 Å². The molecule has 18 heavy (non-hydrogen) atoms. The number of carbonyl (C=O) groups is 1. The Labute approximate surface area is 111 Å². The van der Waals surface area contributed by atoms with Crippen molar-refractivity contribution < 1.29 is 9.90 Å². The van der Waals surface area contributed by atoms with Gasteiger partial charge in [-0.15, -0.1) is 11.3 Å². The molecule has 4 nitrogen and oxygen atoms in total. The number of hydrogen-bond acceptors (Lipinski definition) is 4. The number of rotatable bonds is 2. The van der Waals surface area contributed by atoms with Crippen molar-refractivity contribution in [2.75, 3.05) is 19.7 Å². The molecule has 1 fully saturated rings. The zero-order valence-corrected chi connectivity index (χ0v) is 11.1. The van der Waals surface area contributed by atoms with Gasteiger partial charge in [0.15, 0.2) is 0 Å². The number of thiophene rings is 1. The van der Waals surface area contributed by atoms with E-state index in [4.69, 9.17) is 5.11 Å². The SMILES string of the molecule is CC1C(=O)NCCN1Cc1ccc(C#CCO)s1. The molecule has 1 aromatic rings. The number of piperazine rings is 1. The van der Waals surface area contributed by atoms with E-state index in [1.54, 1.807) is 11.3 Å². The van der Waals surface area contributed by atoms with Crippen LogP contribution in [0.15, 0.2) is 12.1 Å². The molecule has 1 atom stereocenters. The van der Waals surface area contributed by atoms with Gasteiger partial charge in [0.05, 0.1) is 10.9 Å². The number of hydrogen-bond donors (Lipinski definition) is 2. The van der Waals surface area contributed by atoms with Crippen LogP contribution in [0.5, 0.6) is 0 Å². The summed E-state index contributed by atoms with van der Waals surface area (Å²) >= 11 is 1.61. The second kappa shape index (κ2) is 6.01. The van der Waals surface area contributed by atoms with Crippen molar-refractivity contribution in [3.8, 4) is 11.8 Å². The van der Waals surface area contributed by atoms with Gasteiger partial charge in [0.2, 0.25) is 5.91 Å². The Balaban J connectivity index is 2.00. The van der Waals surface area contributed by atoms with Gasteiger partial charge in [-0.05, 0) is 19.1 Å². The first-order valence-corrected chi connectivity index (χ1v) is 6.72. The molecule has 1 amide bonds. The maximum atomic E-state index is 11.5. The van der Waals surface area contributed by atoms with Crippen LogP contribution in [0.1, 0.15) is 16.7 Å². The summed E-state index contributed by atoms with van der Waals surface area (Å²) < 4.78 is 0. The molecule has 2 rings (SSSR count). The highest BCUT2D eigenvalue weighted by molar-refractivity contribution is 7.12. The minimum absolute atomic E-state index is 0.0761. The van der Waals surface area contributed by atoms with E-state index < -0.39 is 0 Å². The number of aliphatic hydroxyl groups is 1. The van der Waals surface area contributed by atoms with Crippen LogP contribution in [0.3, 0.4) is 0 Å². The third-order valence-corrected chi connectivity index (χ3v) is 3.92. The molecule has 0 bridgehead atoms. The lowest BCUT2D eigenvalue weighted by Crippen LogP contribution is -2.53. The van der Waals surface area contributed by atoms with Crippen molar-refractivity contribution in [1.29, 1.82) is 0 Å². The second-order valence-electron chi connectivity index (χ2n) is 4.16. The maximum absolute atomic E-state index is 11.5. The van der Waals surface area contributed by atoms with Crippen LogP contribution in [0, 0.1) is 11.8 Å². The molecule has 1 aliphatic rings. The molecular weight excluding hydrogens is 248 g/mol. The van der Waals surface area contributed by atoms with Crippen LogP contribution in [-0.4, -0.2) is 41.7 Å². The van der Waals surface area contributed by atoms with E-state index >= 15 is 0 Å². The van der Waals surface area contributed by atoms with Gasteiger partial charge in [-0.25, -0.2) is 0 Å². The van der Waals surface area contributed by atoms with Crippen LogP contribution >= 0.6 is 11.3 Å². The third-order valence-electron chi connectivity index (χ3n) is 2.94. The summed E-state index contributed by atoms with van der Waals surface area (Å²) in [4.78, 5) is 15.8. The van der Waals surface area contributed by atoms with Crippen LogP contribution in [0.2, 0.25) is 0 Å². The summed E-state index contributed by atoms with van der Waals surface area (Å²) in [5.41, 5.74) is 0. The van der Waals surface area contributed by atoms with Crippen molar-refractivity contribution in [3.63, 3.8) is 0 Å². The lowest BCUT2D eigenvalue weighted by Gasteiger charge is -2.32. The zero-order valence-electron chi connectivity index (χ0n) is 10.3. The molecule has 0 radical (unpaired) electrons. The molecule has 96 valence electrons. The Bertz CT molecular complexity index is 487. The highest BCUT2D eigenvalue weighted by Crippen LogP contribution is 2.19. The molecule has 1 aliphatic heterocycles. The second-order valence-corrected chi connectivity index (χ2v) is 5.33. The van der Waals surface area contributed by atoms with E-state index in [0.717, 1.165) is 18.0 Å². The number of nitrogens with zero attached hydrogens (tertiary/aromatic N) is 1. The molecule has 0 spiro atoms. The van der Waals surface area contributed by atoms with E-state index in [1.165, 1.54) is 4.88 Å². The smallest absolute Gasteiger partial charge is 0.237 e. The minimum Gasteiger partial charge on any atom is -0.384 e. The first-order valence-electron chi connectivity index (χ1n) is 5.91. The fourth-order valence-corrected chi connectivity index (χ4v) is 2.81. The van der Waals surface area contributed by atoms with Gasteiger partial charge in [-0.3, -0.25) is 9.69 Å². The molecule has 1 saturated heterocycles. The largest absolute Gasteiger partial charge is 0.384 e. The quantitative estimate of drug-likeness (QED) is 0.761. The predicted octanol–water partition coefficient (Wildman–Crippen LogP) is 0.412. The van der Waals surface area contributed by atoms with Crippen molar-refractivity contribution in [3.05, 3.63) is 21.9 Å². The fraction of sp³-hybridized carbons (Fsp3) is 0.462.